The number of aryl methyl sites for hydroxylation is 1. The average molecular weight is 431 g/mol. The van der Waals surface area contributed by atoms with Crippen molar-refractivity contribution in [3.05, 3.63) is 17.7 Å². The molecule has 0 spiro atoms. The highest BCUT2D eigenvalue weighted by Gasteiger charge is 2.41. The van der Waals surface area contributed by atoms with Crippen molar-refractivity contribution in [2.24, 2.45) is 23.5 Å². The number of nitrogens with zero attached hydrogens (tertiary/aromatic N) is 2. The second-order valence-corrected chi connectivity index (χ2v) is 9.89. The predicted molar refractivity (Wildman–Crippen MR) is 117 cm³/mol. The number of nitrogens with one attached hydrogen (secondary N) is 1. The standard InChI is InChI=1S/C21H34N4O.2ClH/c1-21(2,3)17-12-25-11-16(7-8-18(25)24-17)23-20(26)15-9-13-5-4-6-14(10-15)19(13)22;;/h12-16,19H,4-11,22H2,1-3H3,(H,23,26);2*1H. The smallest absolute Gasteiger partial charge is 0.223 e. The van der Waals surface area contributed by atoms with Crippen LogP contribution in [-0.4, -0.2) is 27.5 Å². The Kier molecular flexibility index (Phi) is 7.49. The summed E-state index contributed by atoms with van der Waals surface area (Å²) in [7, 11) is 0. The number of amides is 1. The zero-order chi connectivity index (χ0) is 18.5. The minimum atomic E-state index is 0. The molecule has 3 N–H and O–H groups in total. The normalized spacial score (nSPS) is 31.8. The Morgan fingerprint density at radius 3 is 2.43 bits per heavy atom. The van der Waals surface area contributed by atoms with Gasteiger partial charge in [-0.25, -0.2) is 4.98 Å². The summed E-state index contributed by atoms with van der Waals surface area (Å²) in [4.78, 5) is 17.7. The highest BCUT2D eigenvalue weighted by atomic mass is 35.5. The molecule has 28 heavy (non-hydrogen) atoms. The molecule has 2 saturated carbocycles. The van der Waals surface area contributed by atoms with Crippen molar-refractivity contribution in [1.82, 2.24) is 14.9 Å². The van der Waals surface area contributed by atoms with Crippen LogP contribution in [0.1, 0.15) is 70.8 Å². The van der Waals surface area contributed by atoms with Gasteiger partial charge in [-0.05, 0) is 43.9 Å². The lowest BCUT2D eigenvalue weighted by molar-refractivity contribution is -0.128. The van der Waals surface area contributed by atoms with Crippen LogP contribution in [0.15, 0.2) is 6.20 Å². The van der Waals surface area contributed by atoms with Gasteiger partial charge in [0.2, 0.25) is 5.91 Å². The lowest BCUT2D eigenvalue weighted by Gasteiger charge is -2.43. The number of rotatable bonds is 2. The number of halogens is 2. The molecule has 1 amide bonds. The molecule has 0 aromatic carbocycles. The molecule has 2 aliphatic carbocycles. The quantitative estimate of drug-likeness (QED) is 0.752. The maximum absolute atomic E-state index is 12.9. The van der Waals surface area contributed by atoms with Crippen molar-refractivity contribution >= 4 is 30.7 Å². The SMILES string of the molecule is CC(C)(C)c1cn2c(n1)CCC(NC(=O)C1CC3CCCC(C1)C3N)C2.Cl.Cl. The van der Waals surface area contributed by atoms with Gasteiger partial charge in [0.1, 0.15) is 5.82 Å². The number of carbonyl (C=O) groups excluding carboxylic acids is 1. The monoisotopic (exact) mass is 430 g/mol. The second kappa shape index (κ2) is 8.93. The zero-order valence-corrected chi connectivity index (χ0v) is 19.0. The van der Waals surface area contributed by atoms with E-state index in [1.807, 2.05) is 0 Å². The third-order valence-corrected chi connectivity index (χ3v) is 6.89. The van der Waals surface area contributed by atoms with E-state index in [1.54, 1.807) is 0 Å². The van der Waals surface area contributed by atoms with Crippen LogP contribution < -0.4 is 11.1 Å². The third kappa shape index (κ3) is 4.68. The maximum atomic E-state index is 12.9. The Balaban J connectivity index is 0.00000140. The number of imidazole rings is 1. The van der Waals surface area contributed by atoms with Gasteiger partial charge in [-0.1, -0.05) is 27.2 Å². The maximum Gasteiger partial charge on any atom is 0.223 e. The number of carbonyl (C=O) groups is 1. The summed E-state index contributed by atoms with van der Waals surface area (Å²) in [6, 6.07) is 0.555. The molecule has 3 atom stereocenters. The van der Waals surface area contributed by atoms with Crippen LogP contribution in [0.2, 0.25) is 0 Å². The van der Waals surface area contributed by atoms with Crippen molar-refractivity contribution in [2.75, 3.05) is 0 Å². The summed E-state index contributed by atoms with van der Waals surface area (Å²) in [6.07, 6.45) is 9.80. The van der Waals surface area contributed by atoms with Gasteiger partial charge in [0, 0.05) is 42.6 Å². The van der Waals surface area contributed by atoms with Crippen LogP contribution in [0.3, 0.4) is 0 Å². The lowest BCUT2D eigenvalue weighted by Crippen LogP contribution is -2.51. The largest absolute Gasteiger partial charge is 0.351 e. The van der Waals surface area contributed by atoms with Crippen LogP contribution in [-0.2, 0) is 23.2 Å². The van der Waals surface area contributed by atoms with Crippen LogP contribution >= 0.6 is 24.8 Å². The summed E-state index contributed by atoms with van der Waals surface area (Å²) < 4.78 is 2.25. The van der Waals surface area contributed by atoms with Crippen LogP contribution in [0.5, 0.6) is 0 Å². The number of nitrogens with two attached hydrogens (primary N) is 1. The molecule has 0 saturated heterocycles. The van der Waals surface area contributed by atoms with Crippen molar-refractivity contribution in [3.63, 3.8) is 0 Å². The molecule has 4 rings (SSSR count). The zero-order valence-electron chi connectivity index (χ0n) is 17.3. The van der Waals surface area contributed by atoms with E-state index in [0.717, 1.165) is 37.9 Å². The Morgan fingerprint density at radius 1 is 1.18 bits per heavy atom. The highest BCUT2D eigenvalue weighted by Crippen LogP contribution is 2.42. The van der Waals surface area contributed by atoms with E-state index in [2.05, 4.69) is 36.9 Å². The van der Waals surface area contributed by atoms with Crippen LogP contribution in [0.25, 0.3) is 0 Å². The van der Waals surface area contributed by atoms with Crippen LogP contribution in [0, 0.1) is 17.8 Å². The first-order chi connectivity index (χ1) is 12.3. The van der Waals surface area contributed by atoms with Crippen LogP contribution in [0.4, 0.5) is 0 Å². The average Bonchev–Trinajstić information content (AvgIpc) is 2.98. The van der Waals surface area contributed by atoms with Crippen molar-refractivity contribution in [3.8, 4) is 0 Å². The van der Waals surface area contributed by atoms with E-state index in [1.165, 1.54) is 25.1 Å². The Bertz CT molecular complexity index is 670. The van der Waals surface area contributed by atoms with Crippen molar-refractivity contribution in [2.45, 2.75) is 89.8 Å². The van der Waals surface area contributed by atoms with E-state index < -0.39 is 0 Å². The first kappa shape index (κ1) is 23.5. The summed E-state index contributed by atoms with van der Waals surface area (Å²) in [6.45, 7) is 7.45. The van der Waals surface area contributed by atoms with Gasteiger partial charge in [0.15, 0.2) is 0 Å². The molecule has 160 valence electrons. The van der Waals surface area contributed by atoms with Gasteiger partial charge in [-0.15, -0.1) is 24.8 Å². The first-order valence-electron chi connectivity index (χ1n) is 10.4. The van der Waals surface area contributed by atoms with E-state index in [-0.39, 0.29) is 48.1 Å². The Labute approximate surface area is 181 Å². The molecule has 7 heteroatoms. The molecule has 2 fully saturated rings. The van der Waals surface area contributed by atoms with E-state index in [9.17, 15) is 4.79 Å². The second-order valence-electron chi connectivity index (χ2n) is 9.89. The lowest BCUT2D eigenvalue weighted by atomic mass is 9.65. The number of fused-ring (bicyclic) bond motifs is 3. The third-order valence-electron chi connectivity index (χ3n) is 6.89. The fraction of sp³-hybridized carbons (Fsp3) is 0.810. The molecule has 3 aliphatic rings. The molecule has 3 unspecified atom stereocenters. The fourth-order valence-electron chi connectivity index (χ4n) is 5.25. The number of aromatic nitrogens is 2. The number of hydrogen-bond acceptors (Lipinski definition) is 3. The summed E-state index contributed by atoms with van der Waals surface area (Å²) in [5.41, 5.74) is 7.60. The van der Waals surface area contributed by atoms with E-state index >= 15 is 0 Å². The van der Waals surface area contributed by atoms with E-state index in [4.69, 9.17) is 10.7 Å². The van der Waals surface area contributed by atoms with E-state index in [0.29, 0.717) is 17.9 Å². The predicted octanol–water partition coefficient (Wildman–Crippen LogP) is 3.61. The topological polar surface area (TPSA) is 72.9 Å². The molecule has 1 aromatic heterocycles. The van der Waals surface area contributed by atoms with Gasteiger partial charge in [-0.3, -0.25) is 4.79 Å². The van der Waals surface area contributed by atoms with Crippen molar-refractivity contribution < 1.29 is 4.79 Å². The number of hydrogen-bond donors (Lipinski definition) is 2. The molecule has 1 aliphatic heterocycles. The fourth-order valence-corrected chi connectivity index (χ4v) is 5.25. The molecule has 2 heterocycles. The Morgan fingerprint density at radius 2 is 1.82 bits per heavy atom. The minimum Gasteiger partial charge on any atom is -0.351 e. The van der Waals surface area contributed by atoms with Crippen molar-refractivity contribution in [1.29, 1.82) is 0 Å². The minimum absolute atomic E-state index is 0. The summed E-state index contributed by atoms with van der Waals surface area (Å²) in [5, 5.41) is 3.35. The molecule has 1 aromatic rings. The summed E-state index contributed by atoms with van der Waals surface area (Å²) >= 11 is 0. The molecule has 5 nitrogen and oxygen atoms in total. The first-order valence-corrected chi connectivity index (χ1v) is 10.4. The van der Waals surface area contributed by atoms with Gasteiger partial charge in [0.25, 0.3) is 0 Å². The Hall–Kier alpha value is -0.780. The highest BCUT2D eigenvalue weighted by molar-refractivity contribution is 5.85. The molecular weight excluding hydrogens is 395 g/mol. The van der Waals surface area contributed by atoms with Gasteiger partial charge >= 0.3 is 0 Å². The summed E-state index contributed by atoms with van der Waals surface area (Å²) in [5.74, 6) is 2.70. The molecule has 0 radical (unpaired) electrons. The molecular formula is C21H36Cl2N4O. The van der Waals surface area contributed by atoms with Gasteiger partial charge in [-0.2, -0.15) is 0 Å². The molecule has 2 bridgehead atoms. The van der Waals surface area contributed by atoms with Gasteiger partial charge < -0.3 is 15.6 Å². The van der Waals surface area contributed by atoms with Gasteiger partial charge in [0.05, 0.1) is 5.69 Å².